The normalized spacial score (nSPS) is 16.3. The molecule has 1 saturated heterocycles. The number of carbonyl (C=O) groups is 2. The third kappa shape index (κ3) is 7.88. The predicted molar refractivity (Wildman–Crippen MR) is 197 cm³/mol. The zero-order valence-corrected chi connectivity index (χ0v) is 30.0. The summed E-state index contributed by atoms with van der Waals surface area (Å²) in [6.45, 7) is 6.50. The predicted octanol–water partition coefficient (Wildman–Crippen LogP) is 6.47. The SMILES string of the molecule is Cc1cc(C(=O)Cc2cccc(-c3cccc(Nc4nc(C(F)F)nc5cc(CN6CC[C@@H](O)C6)cnc45)c3C)c2Cl)nc2c1CCN(CC(=O)O)C2. The number of benzene rings is 2. The van der Waals surface area contributed by atoms with Crippen LogP contribution in [0.1, 0.15) is 62.7 Å². The van der Waals surface area contributed by atoms with E-state index in [9.17, 15) is 28.6 Å². The highest BCUT2D eigenvalue weighted by Crippen LogP contribution is 2.37. The summed E-state index contributed by atoms with van der Waals surface area (Å²) in [7, 11) is 0. The Bertz CT molecular complexity index is 2240. The van der Waals surface area contributed by atoms with E-state index in [1.165, 1.54) is 0 Å². The number of aliphatic hydroxyl groups is 1. The molecule has 0 bridgehead atoms. The topological polar surface area (TPSA) is 145 Å². The van der Waals surface area contributed by atoms with Crippen LogP contribution in [0, 0.1) is 13.8 Å². The van der Waals surface area contributed by atoms with Crippen LogP contribution in [-0.4, -0.2) is 84.0 Å². The molecule has 2 aliphatic rings. The van der Waals surface area contributed by atoms with Gasteiger partial charge < -0.3 is 15.5 Å². The first-order chi connectivity index (χ1) is 25.4. The standard InChI is InChI=1S/C39H38ClF2N7O4/c1-21-13-30(44-32-19-49(20-34(52)53)12-10-26(21)32)33(51)15-24-5-3-7-28(35(24)40)27-6-4-8-29(22(27)2)45-38-36-31(46-39(47-38)37(41)42)14-23(16-43-36)17-48-11-9-25(50)18-48/h3-8,13-14,16,25,37,50H,9-12,15,17-20H2,1-2H3,(H,52,53)(H,45,46,47)/t25-/m1/s1. The summed E-state index contributed by atoms with van der Waals surface area (Å²) < 4.78 is 28.0. The largest absolute Gasteiger partial charge is 0.480 e. The van der Waals surface area contributed by atoms with Gasteiger partial charge in [-0.15, -0.1) is 0 Å². The van der Waals surface area contributed by atoms with Gasteiger partial charge in [0, 0.05) is 56.6 Å². The maximum absolute atomic E-state index is 14.0. The molecule has 14 heteroatoms. The van der Waals surface area contributed by atoms with Gasteiger partial charge in [-0.2, -0.15) is 0 Å². The number of halogens is 3. The Kier molecular flexibility index (Phi) is 10.4. The van der Waals surface area contributed by atoms with Crippen LogP contribution in [-0.2, 0) is 30.7 Å². The van der Waals surface area contributed by atoms with Gasteiger partial charge in [0.05, 0.1) is 28.9 Å². The molecule has 5 heterocycles. The Labute approximate surface area is 309 Å². The second kappa shape index (κ2) is 15.2. The molecule has 0 amide bonds. The molecule has 1 fully saturated rings. The number of aryl methyl sites for hydroxylation is 1. The molecule has 0 spiro atoms. The molecular formula is C39H38ClF2N7O4. The van der Waals surface area contributed by atoms with Crippen LogP contribution in [0.3, 0.4) is 0 Å². The van der Waals surface area contributed by atoms with Gasteiger partial charge in [0.15, 0.2) is 17.4 Å². The number of alkyl halides is 2. The molecule has 7 rings (SSSR count). The maximum Gasteiger partial charge on any atom is 0.317 e. The van der Waals surface area contributed by atoms with Gasteiger partial charge in [0.2, 0.25) is 0 Å². The lowest BCUT2D eigenvalue weighted by Gasteiger charge is -2.28. The minimum atomic E-state index is -2.90. The quantitative estimate of drug-likeness (QED) is 0.128. The fraction of sp³-hybridized carbons (Fsp3) is 0.333. The molecule has 2 aromatic carbocycles. The van der Waals surface area contributed by atoms with E-state index < -0.39 is 18.2 Å². The number of pyridine rings is 2. The number of nitrogens with zero attached hydrogens (tertiary/aromatic N) is 6. The first-order valence-electron chi connectivity index (χ1n) is 17.4. The second-order valence-corrected chi connectivity index (χ2v) is 14.1. The van der Waals surface area contributed by atoms with Crippen molar-refractivity contribution in [2.24, 2.45) is 0 Å². The van der Waals surface area contributed by atoms with Crippen molar-refractivity contribution in [3.63, 3.8) is 0 Å². The number of fused-ring (bicyclic) bond motifs is 2. The number of ketones is 1. The first kappa shape index (κ1) is 36.4. The van der Waals surface area contributed by atoms with Crippen LogP contribution in [0.2, 0.25) is 5.02 Å². The number of anilines is 2. The molecule has 0 radical (unpaired) electrons. The number of aliphatic carboxylic acids is 1. The second-order valence-electron chi connectivity index (χ2n) is 13.7. The number of Topliss-reactive ketones (excluding diaryl/α,β-unsaturated/α-hetero) is 1. The lowest BCUT2D eigenvalue weighted by molar-refractivity contribution is -0.138. The average Bonchev–Trinajstić information content (AvgIpc) is 3.53. The number of likely N-dealkylation sites (tertiary alicyclic amines) is 1. The molecule has 3 aromatic heterocycles. The molecule has 0 aliphatic carbocycles. The third-order valence-corrected chi connectivity index (χ3v) is 10.3. The van der Waals surface area contributed by atoms with Crippen LogP contribution in [0.15, 0.2) is 54.7 Å². The van der Waals surface area contributed by atoms with Crippen molar-refractivity contribution in [3.05, 3.63) is 105 Å². The number of carboxylic acid groups (broad SMARTS) is 1. The lowest BCUT2D eigenvalue weighted by Crippen LogP contribution is -2.36. The Morgan fingerprint density at radius 3 is 2.58 bits per heavy atom. The molecular weight excluding hydrogens is 704 g/mol. The number of β-amino-alcohol motifs (C(OH)–C–C–N with tert-alkyl or cyclic N) is 1. The molecule has 3 N–H and O–H groups in total. The summed E-state index contributed by atoms with van der Waals surface area (Å²) in [6, 6.07) is 14.5. The minimum Gasteiger partial charge on any atom is -0.480 e. The van der Waals surface area contributed by atoms with Gasteiger partial charge in [0.25, 0.3) is 6.43 Å². The highest BCUT2D eigenvalue weighted by molar-refractivity contribution is 6.34. The molecule has 53 heavy (non-hydrogen) atoms. The number of carboxylic acids is 1. The Hall–Kier alpha value is -4.95. The Morgan fingerprint density at radius 2 is 1.83 bits per heavy atom. The Morgan fingerprint density at radius 1 is 1.04 bits per heavy atom. The Balaban J connectivity index is 1.15. The smallest absolute Gasteiger partial charge is 0.317 e. The number of rotatable bonds is 11. The number of aromatic nitrogens is 4. The van der Waals surface area contributed by atoms with Crippen LogP contribution in [0.25, 0.3) is 22.2 Å². The fourth-order valence-corrected chi connectivity index (χ4v) is 7.50. The highest BCUT2D eigenvalue weighted by atomic mass is 35.5. The van der Waals surface area contributed by atoms with E-state index in [0.717, 1.165) is 40.1 Å². The monoisotopic (exact) mass is 741 g/mol. The summed E-state index contributed by atoms with van der Waals surface area (Å²) in [5.41, 5.74) is 7.87. The van der Waals surface area contributed by atoms with E-state index >= 15 is 0 Å². The maximum atomic E-state index is 14.0. The zero-order chi connectivity index (χ0) is 37.4. The van der Waals surface area contributed by atoms with Gasteiger partial charge in [-0.25, -0.2) is 23.7 Å². The minimum absolute atomic E-state index is 0.00303. The molecule has 5 aromatic rings. The molecule has 0 saturated carbocycles. The van der Waals surface area contributed by atoms with Gasteiger partial charge >= 0.3 is 5.97 Å². The van der Waals surface area contributed by atoms with Crippen molar-refractivity contribution in [1.29, 1.82) is 0 Å². The molecule has 11 nitrogen and oxygen atoms in total. The number of hydrogen-bond donors (Lipinski definition) is 3. The van der Waals surface area contributed by atoms with Gasteiger partial charge in [0.1, 0.15) is 11.2 Å². The summed E-state index contributed by atoms with van der Waals surface area (Å²) in [4.78, 5) is 46.3. The van der Waals surface area contributed by atoms with Crippen molar-refractivity contribution >= 4 is 45.9 Å². The van der Waals surface area contributed by atoms with Crippen molar-refractivity contribution in [3.8, 4) is 11.1 Å². The van der Waals surface area contributed by atoms with Crippen LogP contribution < -0.4 is 5.32 Å². The van der Waals surface area contributed by atoms with Crippen molar-refractivity contribution < 1.29 is 28.6 Å². The van der Waals surface area contributed by atoms with E-state index in [2.05, 4.69) is 30.2 Å². The number of aliphatic hydroxyl groups excluding tert-OH is 1. The molecule has 2 aliphatic heterocycles. The van der Waals surface area contributed by atoms with Gasteiger partial charge in [-0.1, -0.05) is 41.9 Å². The summed E-state index contributed by atoms with van der Waals surface area (Å²) in [6.07, 6.45) is -0.254. The van der Waals surface area contributed by atoms with E-state index in [4.69, 9.17) is 11.6 Å². The molecule has 0 unspecified atom stereocenters. The van der Waals surface area contributed by atoms with E-state index in [0.29, 0.717) is 72.1 Å². The fourth-order valence-electron chi connectivity index (χ4n) is 7.21. The van der Waals surface area contributed by atoms with Gasteiger partial charge in [-0.05, 0) is 78.3 Å². The van der Waals surface area contributed by atoms with E-state index in [-0.39, 0.29) is 36.2 Å². The third-order valence-electron chi connectivity index (χ3n) is 9.89. The van der Waals surface area contributed by atoms with E-state index in [1.54, 1.807) is 29.3 Å². The number of carbonyl (C=O) groups excluding carboxylic acids is 1. The average molecular weight is 742 g/mol. The van der Waals surface area contributed by atoms with E-state index in [1.807, 2.05) is 44.2 Å². The lowest BCUT2D eigenvalue weighted by atomic mass is 9.94. The van der Waals surface area contributed by atoms with Crippen molar-refractivity contribution in [1.82, 2.24) is 29.7 Å². The highest BCUT2D eigenvalue weighted by Gasteiger charge is 2.25. The molecule has 274 valence electrons. The number of nitrogens with one attached hydrogen (secondary N) is 1. The van der Waals surface area contributed by atoms with Crippen molar-refractivity contribution in [2.75, 3.05) is 31.5 Å². The summed E-state index contributed by atoms with van der Waals surface area (Å²) in [5.74, 6) is -1.60. The zero-order valence-electron chi connectivity index (χ0n) is 29.2. The van der Waals surface area contributed by atoms with Crippen LogP contribution in [0.5, 0.6) is 0 Å². The first-order valence-corrected chi connectivity index (χ1v) is 17.8. The van der Waals surface area contributed by atoms with Gasteiger partial charge in [-0.3, -0.25) is 24.4 Å². The summed E-state index contributed by atoms with van der Waals surface area (Å²) >= 11 is 7.00. The summed E-state index contributed by atoms with van der Waals surface area (Å²) in [5, 5.41) is 22.8. The number of hydrogen-bond acceptors (Lipinski definition) is 10. The van der Waals surface area contributed by atoms with Crippen LogP contribution >= 0.6 is 11.6 Å². The van der Waals surface area contributed by atoms with Crippen molar-refractivity contribution in [2.45, 2.75) is 58.7 Å². The van der Waals surface area contributed by atoms with Crippen LogP contribution in [0.4, 0.5) is 20.3 Å². The molecule has 1 atom stereocenters.